The minimum absolute atomic E-state index is 0. The zero-order valence-corrected chi connectivity index (χ0v) is 12.6. The number of hydrogen-bond donors (Lipinski definition) is 1. The van der Waals surface area contributed by atoms with Crippen LogP contribution < -0.4 is 5.73 Å². The van der Waals surface area contributed by atoms with E-state index in [0.717, 1.165) is 0 Å². The second-order valence-corrected chi connectivity index (χ2v) is 5.65. The molecule has 0 aromatic rings. The van der Waals surface area contributed by atoms with Gasteiger partial charge in [-0.25, -0.2) is 0 Å². The van der Waals surface area contributed by atoms with Gasteiger partial charge in [0.15, 0.2) is 0 Å². The minimum Gasteiger partial charge on any atom is -0.332 e. The summed E-state index contributed by atoms with van der Waals surface area (Å²) in [6, 6.07) is -0.408. The van der Waals surface area contributed by atoms with Crippen LogP contribution in [-0.4, -0.2) is 52.3 Å². The molecule has 0 unspecified atom stereocenters. The molecule has 1 fully saturated rings. The third-order valence-corrected chi connectivity index (χ3v) is 3.04. The minimum atomic E-state index is -0.552. The summed E-state index contributed by atoms with van der Waals surface area (Å²) in [5, 5.41) is 0. The molecule has 0 saturated carbocycles. The fraction of sp³-hybridized carbons (Fsp3) is 0.833. The Labute approximate surface area is 115 Å². The Morgan fingerprint density at radius 3 is 2.17 bits per heavy atom. The number of piperazine rings is 1. The number of carbonyl (C=O) groups is 2. The van der Waals surface area contributed by atoms with E-state index in [1.807, 2.05) is 32.6 Å². The van der Waals surface area contributed by atoms with Crippen LogP contribution in [0.5, 0.6) is 0 Å². The third-order valence-electron chi connectivity index (χ3n) is 3.04. The van der Waals surface area contributed by atoms with Crippen molar-refractivity contribution in [1.82, 2.24) is 9.80 Å². The maximum absolute atomic E-state index is 12.1. The summed E-state index contributed by atoms with van der Waals surface area (Å²) in [5.74, 6) is -0.167. The van der Waals surface area contributed by atoms with Crippen LogP contribution in [0.2, 0.25) is 0 Å². The van der Waals surface area contributed by atoms with Crippen molar-refractivity contribution in [2.24, 2.45) is 5.73 Å². The van der Waals surface area contributed by atoms with Crippen LogP contribution in [0.1, 0.15) is 34.6 Å². The van der Waals surface area contributed by atoms with Crippen molar-refractivity contribution in [3.8, 4) is 0 Å². The Morgan fingerprint density at radius 2 is 1.83 bits per heavy atom. The standard InChI is InChI=1S/C12H23N3O2.ClH/c1-8(2)15-10(16)6-14(7-12(15,4)5)11(17)9(3)13;/h8-9H,6-7,13H2,1-5H3;1H/t9-;/m1./s1. The molecule has 0 spiro atoms. The van der Waals surface area contributed by atoms with E-state index in [0.29, 0.717) is 6.54 Å². The van der Waals surface area contributed by atoms with Crippen molar-refractivity contribution in [1.29, 1.82) is 0 Å². The van der Waals surface area contributed by atoms with E-state index < -0.39 is 6.04 Å². The first kappa shape index (κ1) is 17.2. The normalized spacial score (nSPS) is 20.7. The predicted molar refractivity (Wildman–Crippen MR) is 73.5 cm³/mol. The molecule has 2 N–H and O–H groups in total. The van der Waals surface area contributed by atoms with Gasteiger partial charge in [-0.2, -0.15) is 0 Å². The quantitative estimate of drug-likeness (QED) is 0.804. The molecule has 0 aromatic carbocycles. The van der Waals surface area contributed by atoms with Crippen LogP contribution in [0.3, 0.4) is 0 Å². The van der Waals surface area contributed by atoms with Gasteiger partial charge in [-0.3, -0.25) is 9.59 Å². The molecule has 18 heavy (non-hydrogen) atoms. The van der Waals surface area contributed by atoms with Crippen LogP contribution in [0, 0.1) is 0 Å². The average Bonchev–Trinajstić information content (AvgIpc) is 2.12. The molecule has 1 atom stereocenters. The van der Waals surface area contributed by atoms with E-state index in [1.54, 1.807) is 11.8 Å². The van der Waals surface area contributed by atoms with E-state index in [2.05, 4.69) is 0 Å². The van der Waals surface area contributed by atoms with Crippen LogP contribution in [0.25, 0.3) is 0 Å². The second-order valence-electron chi connectivity index (χ2n) is 5.65. The highest BCUT2D eigenvalue weighted by atomic mass is 35.5. The first-order valence-corrected chi connectivity index (χ1v) is 6.03. The molecule has 0 aromatic heterocycles. The molecular formula is C12H24ClN3O2. The predicted octanol–water partition coefficient (Wildman–Crippen LogP) is 0.613. The van der Waals surface area contributed by atoms with E-state index >= 15 is 0 Å². The van der Waals surface area contributed by atoms with Crippen LogP contribution in [0.4, 0.5) is 0 Å². The van der Waals surface area contributed by atoms with E-state index in [-0.39, 0.29) is 42.3 Å². The molecule has 6 heteroatoms. The lowest BCUT2D eigenvalue weighted by Gasteiger charge is -2.49. The molecule has 0 aliphatic carbocycles. The van der Waals surface area contributed by atoms with Crippen LogP contribution >= 0.6 is 12.4 Å². The Hall–Kier alpha value is -0.810. The summed E-state index contributed by atoms with van der Waals surface area (Å²) < 4.78 is 0. The summed E-state index contributed by atoms with van der Waals surface area (Å²) in [4.78, 5) is 27.3. The van der Waals surface area contributed by atoms with E-state index in [1.165, 1.54) is 0 Å². The number of rotatable bonds is 2. The number of carbonyl (C=O) groups excluding carboxylic acids is 2. The molecule has 1 rings (SSSR count). The lowest BCUT2D eigenvalue weighted by Crippen LogP contribution is -2.66. The van der Waals surface area contributed by atoms with Crippen molar-refractivity contribution in [2.75, 3.05) is 13.1 Å². The Kier molecular flexibility index (Phi) is 5.62. The lowest BCUT2D eigenvalue weighted by atomic mass is 9.96. The highest BCUT2D eigenvalue weighted by Crippen LogP contribution is 2.24. The topological polar surface area (TPSA) is 66.6 Å². The highest BCUT2D eigenvalue weighted by molar-refractivity contribution is 5.89. The molecule has 1 aliphatic heterocycles. The molecular weight excluding hydrogens is 254 g/mol. The fourth-order valence-corrected chi connectivity index (χ4v) is 2.61. The fourth-order valence-electron chi connectivity index (χ4n) is 2.61. The van der Waals surface area contributed by atoms with Crippen LogP contribution in [-0.2, 0) is 9.59 Å². The molecule has 1 heterocycles. The largest absolute Gasteiger partial charge is 0.332 e. The number of nitrogens with two attached hydrogens (primary N) is 1. The van der Waals surface area contributed by atoms with Gasteiger partial charge in [0, 0.05) is 12.6 Å². The SMILES string of the molecule is CC(C)N1C(=O)CN(C(=O)[C@@H](C)N)CC1(C)C.Cl. The van der Waals surface area contributed by atoms with E-state index in [9.17, 15) is 9.59 Å². The van der Waals surface area contributed by atoms with Gasteiger partial charge in [0.05, 0.1) is 18.1 Å². The summed E-state index contributed by atoms with van der Waals surface area (Å²) in [5.41, 5.74) is 5.24. The average molecular weight is 278 g/mol. The smallest absolute Gasteiger partial charge is 0.242 e. The number of halogens is 1. The Bertz CT molecular complexity index is 329. The lowest BCUT2D eigenvalue weighted by molar-refractivity contribution is -0.155. The monoisotopic (exact) mass is 277 g/mol. The van der Waals surface area contributed by atoms with Gasteiger partial charge in [-0.1, -0.05) is 0 Å². The maximum Gasteiger partial charge on any atom is 0.242 e. The molecule has 106 valence electrons. The molecule has 0 bridgehead atoms. The first-order valence-electron chi connectivity index (χ1n) is 6.03. The third kappa shape index (κ3) is 3.36. The molecule has 1 saturated heterocycles. The summed E-state index contributed by atoms with van der Waals surface area (Å²) in [7, 11) is 0. The molecule has 0 radical (unpaired) electrons. The van der Waals surface area contributed by atoms with Gasteiger partial charge in [0.1, 0.15) is 0 Å². The molecule has 5 nitrogen and oxygen atoms in total. The van der Waals surface area contributed by atoms with Crippen LogP contribution in [0.15, 0.2) is 0 Å². The summed E-state index contributed by atoms with van der Waals surface area (Å²) >= 11 is 0. The Morgan fingerprint density at radius 1 is 1.33 bits per heavy atom. The van der Waals surface area contributed by atoms with Crippen molar-refractivity contribution in [3.63, 3.8) is 0 Å². The molecule has 2 amide bonds. The maximum atomic E-state index is 12.1. The summed E-state index contributed by atoms with van der Waals surface area (Å²) in [6.07, 6.45) is 0. The van der Waals surface area contributed by atoms with Gasteiger partial charge >= 0.3 is 0 Å². The molecule has 1 aliphatic rings. The van der Waals surface area contributed by atoms with Gasteiger partial charge in [-0.15, -0.1) is 12.4 Å². The van der Waals surface area contributed by atoms with Gasteiger partial charge in [0.2, 0.25) is 11.8 Å². The van der Waals surface area contributed by atoms with Gasteiger partial charge in [0.25, 0.3) is 0 Å². The first-order chi connectivity index (χ1) is 7.66. The number of hydrogen-bond acceptors (Lipinski definition) is 3. The van der Waals surface area contributed by atoms with E-state index in [4.69, 9.17) is 5.73 Å². The summed E-state index contributed by atoms with van der Waals surface area (Å²) in [6.45, 7) is 10.3. The number of amides is 2. The highest BCUT2D eigenvalue weighted by Gasteiger charge is 2.41. The van der Waals surface area contributed by atoms with Gasteiger partial charge < -0.3 is 15.5 Å². The second kappa shape index (κ2) is 5.89. The van der Waals surface area contributed by atoms with Gasteiger partial charge in [-0.05, 0) is 34.6 Å². The van der Waals surface area contributed by atoms with Crippen molar-refractivity contribution >= 4 is 24.2 Å². The van der Waals surface area contributed by atoms with Crippen molar-refractivity contribution in [3.05, 3.63) is 0 Å². The zero-order chi connectivity index (χ0) is 13.4. The Balaban J connectivity index is 0.00000289. The number of nitrogens with zero attached hydrogens (tertiary/aromatic N) is 2. The van der Waals surface area contributed by atoms with Crippen molar-refractivity contribution in [2.45, 2.75) is 52.2 Å². The van der Waals surface area contributed by atoms with Crippen molar-refractivity contribution < 1.29 is 9.59 Å². The zero-order valence-electron chi connectivity index (χ0n) is 11.8.